The van der Waals surface area contributed by atoms with Crippen LogP contribution in [0, 0.1) is 5.92 Å². The molecule has 1 atom stereocenters. The van der Waals surface area contributed by atoms with Crippen LogP contribution in [0.4, 0.5) is 0 Å². The SMILES string of the molecule is CC(C)Cc1ccc(C(C)NN)cc1. The molecule has 14 heavy (non-hydrogen) atoms. The Bertz CT molecular complexity index is 264. The van der Waals surface area contributed by atoms with Crippen molar-refractivity contribution in [1.82, 2.24) is 5.43 Å². The van der Waals surface area contributed by atoms with Crippen LogP contribution in [0.3, 0.4) is 0 Å². The number of hydrogen-bond donors (Lipinski definition) is 2. The van der Waals surface area contributed by atoms with Crippen molar-refractivity contribution in [3.63, 3.8) is 0 Å². The molecule has 1 aromatic rings. The maximum atomic E-state index is 5.37. The summed E-state index contributed by atoms with van der Waals surface area (Å²) in [6.07, 6.45) is 1.14. The Hall–Kier alpha value is -0.860. The first-order chi connectivity index (χ1) is 6.63. The molecule has 0 saturated heterocycles. The Kier molecular flexibility index (Phi) is 4.11. The van der Waals surface area contributed by atoms with E-state index in [1.807, 2.05) is 0 Å². The standard InChI is InChI=1S/C12H20N2/c1-9(2)8-11-4-6-12(7-5-11)10(3)14-13/h4-7,9-10,14H,8,13H2,1-3H3. The molecule has 3 N–H and O–H groups in total. The van der Waals surface area contributed by atoms with Gasteiger partial charge in [-0.1, -0.05) is 38.1 Å². The molecule has 0 spiro atoms. The molecule has 0 aliphatic carbocycles. The molecule has 0 aliphatic rings. The van der Waals surface area contributed by atoms with Crippen molar-refractivity contribution >= 4 is 0 Å². The lowest BCUT2D eigenvalue weighted by Gasteiger charge is -2.11. The van der Waals surface area contributed by atoms with E-state index in [1.165, 1.54) is 11.1 Å². The molecule has 78 valence electrons. The summed E-state index contributed by atoms with van der Waals surface area (Å²) in [5.41, 5.74) is 5.37. The summed E-state index contributed by atoms with van der Waals surface area (Å²) < 4.78 is 0. The summed E-state index contributed by atoms with van der Waals surface area (Å²) in [6, 6.07) is 8.87. The van der Waals surface area contributed by atoms with Crippen molar-refractivity contribution in [2.75, 3.05) is 0 Å². The molecule has 0 radical (unpaired) electrons. The molecule has 2 heteroatoms. The van der Waals surface area contributed by atoms with Crippen LogP contribution in [0.15, 0.2) is 24.3 Å². The van der Waals surface area contributed by atoms with Gasteiger partial charge in [0.1, 0.15) is 0 Å². The van der Waals surface area contributed by atoms with E-state index in [9.17, 15) is 0 Å². The summed E-state index contributed by atoms with van der Waals surface area (Å²) in [6.45, 7) is 6.52. The molecule has 2 nitrogen and oxygen atoms in total. The van der Waals surface area contributed by atoms with Crippen molar-refractivity contribution in [3.8, 4) is 0 Å². The zero-order valence-electron chi connectivity index (χ0n) is 9.25. The summed E-state index contributed by atoms with van der Waals surface area (Å²) in [5.74, 6) is 6.09. The van der Waals surface area contributed by atoms with Crippen LogP contribution >= 0.6 is 0 Å². The number of hydrogen-bond acceptors (Lipinski definition) is 2. The Morgan fingerprint density at radius 2 is 1.71 bits per heavy atom. The highest BCUT2D eigenvalue weighted by molar-refractivity contribution is 5.24. The first-order valence-corrected chi connectivity index (χ1v) is 5.18. The average molecular weight is 192 g/mol. The summed E-state index contributed by atoms with van der Waals surface area (Å²) in [7, 11) is 0. The third kappa shape index (κ3) is 3.13. The zero-order valence-corrected chi connectivity index (χ0v) is 9.25. The van der Waals surface area contributed by atoms with Gasteiger partial charge in [0.25, 0.3) is 0 Å². The van der Waals surface area contributed by atoms with Gasteiger partial charge in [0.15, 0.2) is 0 Å². The van der Waals surface area contributed by atoms with Crippen LogP contribution in [0.5, 0.6) is 0 Å². The third-order valence-corrected chi connectivity index (χ3v) is 2.37. The second kappa shape index (κ2) is 5.13. The van der Waals surface area contributed by atoms with Crippen LogP contribution in [0.2, 0.25) is 0 Å². The van der Waals surface area contributed by atoms with Gasteiger partial charge in [-0.2, -0.15) is 0 Å². The largest absolute Gasteiger partial charge is 0.271 e. The van der Waals surface area contributed by atoms with E-state index < -0.39 is 0 Å². The van der Waals surface area contributed by atoms with Crippen molar-refractivity contribution in [1.29, 1.82) is 0 Å². The maximum Gasteiger partial charge on any atom is 0.0431 e. The normalized spacial score (nSPS) is 13.2. The smallest absolute Gasteiger partial charge is 0.0431 e. The van der Waals surface area contributed by atoms with E-state index in [0.717, 1.165) is 6.42 Å². The van der Waals surface area contributed by atoms with E-state index in [2.05, 4.69) is 50.5 Å². The topological polar surface area (TPSA) is 38.0 Å². The van der Waals surface area contributed by atoms with Crippen molar-refractivity contribution < 1.29 is 0 Å². The van der Waals surface area contributed by atoms with Crippen LogP contribution in [-0.2, 0) is 6.42 Å². The Morgan fingerprint density at radius 3 is 2.14 bits per heavy atom. The first kappa shape index (κ1) is 11.2. The molecule has 0 aromatic heterocycles. The van der Waals surface area contributed by atoms with Crippen LogP contribution < -0.4 is 11.3 Å². The molecule has 1 aromatic carbocycles. The van der Waals surface area contributed by atoms with Crippen molar-refractivity contribution in [3.05, 3.63) is 35.4 Å². The number of benzene rings is 1. The lowest BCUT2D eigenvalue weighted by molar-refractivity contribution is 0.601. The molecule has 0 bridgehead atoms. The fourth-order valence-electron chi connectivity index (χ4n) is 1.51. The lowest BCUT2D eigenvalue weighted by atomic mass is 10.0. The average Bonchev–Trinajstić information content (AvgIpc) is 2.17. The van der Waals surface area contributed by atoms with Crippen molar-refractivity contribution in [2.24, 2.45) is 11.8 Å². The van der Waals surface area contributed by atoms with E-state index in [-0.39, 0.29) is 6.04 Å². The summed E-state index contributed by atoms with van der Waals surface area (Å²) in [5, 5.41) is 0. The van der Waals surface area contributed by atoms with Crippen LogP contribution in [0.25, 0.3) is 0 Å². The summed E-state index contributed by atoms with van der Waals surface area (Å²) >= 11 is 0. The highest BCUT2D eigenvalue weighted by Crippen LogP contribution is 2.14. The Labute approximate surface area is 86.5 Å². The molecule has 0 fully saturated rings. The molecular weight excluding hydrogens is 172 g/mol. The van der Waals surface area contributed by atoms with Gasteiger partial charge in [-0.25, -0.2) is 0 Å². The van der Waals surface area contributed by atoms with E-state index >= 15 is 0 Å². The highest BCUT2D eigenvalue weighted by atomic mass is 15.2. The minimum absolute atomic E-state index is 0.225. The van der Waals surface area contributed by atoms with Crippen LogP contribution in [-0.4, -0.2) is 0 Å². The van der Waals surface area contributed by atoms with Gasteiger partial charge in [-0.3, -0.25) is 11.3 Å². The Morgan fingerprint density at radius 1 is 1.14 bits per heavy atom. The Balaban J connectivity index is 2.68. The van der Waals surface area contributed by atoms with Gasteiger partial charge in [0, 0.05) is 6.04 Å². The van der Waals surface area contributed by atoms with Gasteiger partial charge in [-0.15, -0.1) is 0 Å². The van der Waals surface area contributed by atoms with E-state index in [1.54, 1.807) is 0 Å². The number of rotatable bonds is 4. The third-order valence-electron chi connectivity index (χ3n) is 2.37. The maximum absolute atomic E-state index is 5.37. The second-order valence-corrected chi connectivity index (χ2v) is 4.23. The molecule has 0 heterocycles. The van der Waals surface area contributed by atoms with Gasteiger partial charge in [0.2, 0.25) is 0 Å². The first-order valence-electron chi connectivity index (χ1n) is 5.18. The molecule has 0 aliphatic heterocycles. The van der Waals surface area contributed by atoms with Gasteiger partial charge in [0.05, 0.1) is 0 Å². The summed E-state index contributed by atoms with van der Waals surface area (Å²) in [4.78, 5) is 0. The quantitative estimate of drug-likeness (QED) is 0.568. The molecule has 0 amide bonds. The number of hydrazine groups is 1. The minimum atomic E-state index is 0.225. The predicted octanol–water partition coefficient (Wildman–Crippen LogP) is 2.41. The van der Waals surface area contributed by atoms with Gasteiger partial charge in [-0.05, 0) is 30.4 Å². The van der Waals surface area contributed by atoms with Crippen molar-refractivity contribution in [2.45, 2.75) is 33.2 Å². The van der Waals surface area contributed by atoms with Gasteiger partial charge < -0.3 is 0 Å². The lowest BCUT2D eigenvalue weighted by Crippen LogP contribution is -2.25. The molecular formula is C12H20N2. The molecule has 1 unspecified atom stereocenters. The zero-order chi connectivity index (χ0) is 10.6. The highest BCUT2D eigenvalue weighted by Gasteiger charge is 2.02. The number of nitrogens with one attached hydrogen (secondary N) is 1. The van der Waals surface area contributed by atoms with E-state index in [4.69, 9.17) is 5.84 Å². The van der Waals surface area contributed by atoms with Gasteiger partial charge >= 0.3 is 0 Å². The fraction of sp³-hybridized carbons (Fsp3) is 0.500. The van der Waals surface area contributed by atoms with Crippen LogP contribution in [0.1, 0.15) is 37.9 Å². The van der Waals surface area contributed by atoms with E-state index in [0.29, 0.717) is 5.92 Å². The molecule has 0 saturated carbocycles. The predicted molar refractivity (Wildman–Crippen MR) is 60.7 cm³/mol. The minimum Gasteiger partial charge on any atom is -0.271 e. The number of nitrogens with two attached hydrogens (primary N) is 1. The fourth-order valence-corrected chi connectivity index (χ4v) is 1.51. The monoisotopic (exact) mass is 192 g/mol. The molecule has 1 rings (SSSR count). The second-order valence-electron chi connectivity index (χ2n) is 4.23.